The minimum atomic E-state index is -0.967. The highest BCUT2D eigenvalue weighted by atomic mass is 35.5. The average molecular weight is 472 g/mol. The van der Waals surface area contributed by atoms with Crippen molar-refractivity contribution in [2.45, 2.75) is 13.0 Å². The van der Waals surface area contributed by atoms with E-state index < -0.39 is 29.9 Å². The fraction of sp³-hybridized carbons (Fsp3) is 0.0909. The molecule has 0 aliphatic carbocycles. The Hall–Kier alpha value is -3.62. The summed E-state index contributed by atoms with van der Waals surface area (Å²) < 4.78 is 1.61. The number of aliphatic carboxylic acids is 1. The minimum Gasteiger partial charge on any atom is -0.480 e. The van der Waals surface area contributed by atoms with Crippen molar-refractivity contribution in [1.29, 1.82) is 0 Å². The van der Waals surface area contributed by atoms with Gasteiger partial charge in [-0.1, -0.05) is 29.3 Å². The molecule has 2 N–H and O–H groups in total. The molecule has 1 atom stereocenters. The topological polar surface area (TPSA) is 109 Å². The Bertz CT molecular complexity index is 1340. The molecule has 32 heavy (non-hydrogen) atoms. The van der Waals surface area contributed by atoms with E-state index in [4.69, 9.17) is 23.2 Å². The van der Waals surface area contributed by atoms with E-state index in [1.165, 1.54) is 24.3 Å². The highest BCUT2D eigenvalue weighted by molar-refractivity contribution is 6.43. The van der Waals surface area contributed by atoms with Crippen molar-refractivity contribution >= 4 is 69.7 Å². The Morgan fingerprint density at radius 2 is 1.81 bits per heavy atom. The second kappa shape index (κ2) is 8.14. The number of carbonyl (C=O) groups excluding carboxylic acids is 3. The number of hydrogen-bond donors (Lipinski definition) is 2. The van der Waals surface area contributed by atoms with Crippen LogP contribution in [-0.2, 0) is 14.4 Å². The molecule has 4 amide bonds. The number of rotatable bonds is 4. The molecule has 0 saturated carbocycles. The second-order valence-corrected chi connectivity index (χ2v) is 7.93. The molecule has 2 aromatic carbocycles. The fourth-order valence-corrected chi connectivity index (χ4v) is 3.70. The molecular weight excluding hydrogens is 457 g/mol. The third kappa shape index (κ3) is 3.74. The van der Waals surface area contributed by atoms with Crippen molar-refractivity contribution in [3.8, 4) is 0 Å². The normalized spacial score (nSPS) is 16.5. The Kier molecular flexibility index (Phi) is 5.50. The van der Waals surface area contributed by atoms with Crippen LogP contribution >= 0.6 is 23.2 Å². The molecule has 1 fully saturated rings. The van der Waals surface area contributed by atoms with Gasteiger partial charge in [0.15, 0.2) is 0 Å². The lowest BCUT2D eigenvalue weighted by Gasteiger charge is -2.26. The number of carboxylic acid groups (broad SMARTS) is 1. The van der Waals surface area contributed by atoms with Gasteiger partial charge in [0.1, 0.15) is 11.6 Å². The molecule has 0 unspecified atom stereocenters. The first-order valence-electron chi connectivity index (χ1n) is 9.37. The van der Waals surface area contributed by atoms with Crippen molar-refractivity contribution in [2.24, 2.45) is 0 Å². The molecule has 3 aromatic rings. The third-order valence-corrected chi connectivity index (χ3v) is 5.83. The molecule has 4 rings (SSSR count). The highest BCUT2D eigenvalue weighted by Gasteiger charge is 2.37. The van der Waals surface area contributed by atoms with Crippen LogP contribution in [0.5, 0.6) is 0 Å². The SMILES string of the molecule is C[C@H](C(=O)O)n1ccc2cc(/C=C3\C(=O)NC(=O)N(c4ccc(Cl)c(Cl)c4)C3=O)ccc21. The third-order valence-electron chi connectivity index (χ3n) is 5.09. The van der Waals surface area contributed by atoms with Crippen LogP contribution in [0.15, 0.2) is 54.2 Å². The Balaban J connectivity index is 1.72. The molecule has 162 valence electrons. The maximum absolute atomic E-state index is 13.0. The number of carboxylic acids is 1. The van der Waals surface area contributed by atoms with E-state index in [-0.39, 0.29) is 21.3 Å². The number of barbiturate groups is 1. The number of fused-ring (bicyclic) bond motifs is 1. The zero-order valence-corrected chi connectivity index (χ0v) is 18.0. The maximum atomic E-state index is 13.0. The van der Waals surface area contributed by atoms with Gasteiger partial charge in [0.25, 0.3) is 11.8 Å². The van der Waals surface area contributed by atoms with Gasteiger partial charge in [-0.3, -0.25) is 14.9 Å². The number of urea groups is 1. The van der Waals surface area contributed by atoms with Crippen molar-refractivity contribution < 1.29 is 24.3 Å². The van der Waals surface area contributed by atoms with Gasteiger partial charge in [0, 0.05) is 17.1 Å². The summed E-state index contributed by atoms with van der Waals surface area (Å²) in [6.07, 6.45) is 3.02. The standard InChI is InChI=1S/C22H15Cl2N3O5/c1-11(21(30)31)26-7-6-13-8-12(2-5-18(13)26)9-15-19(28)25-22(32)27(20(15)29)14-3-4-16(23)17(24)10-14/h2-11H,1H3,(H,30,31)(H,25,28,32)/b15-9+/t11-/m1/s1. The molecule has 10 heteroatoms. The Labute approximate surface area is 191 Å². The minimum absolute atomic E-state index is 0.151. The van der Waals surface area contributed by atoms with Crippen LogP contribution in [0.3, 0.4) is 0 Å². The summed E-state index contributed by atoms with van der Waals surface area (Å²) in [5, 5.41) is 12.5. The van der Waals surface area contributed by atoms with E-state index in [0.717, 1.165) is 10.3 Å². The Morgan fingerprint density at radius 3 is 2.50 bits per heavy atom. The maximum Gasteiger partial charge on any atom is 0.335 e. The zero-order chi connectivity index (χ0) is 23.2. The number of anilines is 1. The van der Waals surface area contributed by atoms with Crippen LogP contribution in [0, 0.1) is 0 Å². The van der Waals surface area contributed by atoms with Gasteiger partial charge in [-0.05, 0) is 55.0 Å². The number of aromatic nitrogens is 1. The number of carbonyl (C=O) groups is 4. The molecule has 1 aliphatic heterocycles. The summed E-state index contributed by atoms with van der Waals surface area (Å²) in [6.45, 7) is 1.57. The van der Waals surface area contributed by atoms with Gasteiger partial charge in [-0.25, -0.2) is 14.5 Å². The van der Waals surface area contributed by atoms with E-state index in [1.54, 1.807) is 42.0 Å². The predicted molar refractivity (Wildman–Crippen MR) is 120 cm³/mol. The lowest BCUT2D eigenvalue weighted by atomic mass is 10.1. The predicted octanol–water partition coefficient (Wildman–Crippen LogP) is 4.26. The lowest BCUT2D eigenvalue weighted by Crippen LogP contribution is -2.54. The number of nitrogens with zero attached hydrogens (tertiary/aromatic N) is 2. The Morgan fingerprint density at radius 1 is 1.06 bits per heavy atom. The molecule has 0 radical (unpaired) electrons. The number of amides is 4. The van der Waals surface area contributed by atoms with E-state index >= 15 is 0 Å². The van der Waals surface area contributed by atoms with Gasteiger partial charge in [-0.15, -0.1) is 0 Å². The van der Waals surface area contributed by atoms with Gasteiger partial charge in [0.05, 0.1) is 15.7 Å². The van der Waals surface area contributed by atoms with Crippen LogP contribution in [0.4, 0.5) is 10.5 Å². The van der Waals surface area contributed by atoms with Crippen LogP contribution in [0.25, 0.3) is 17.0 Å². The number of nitrogens with one attached hydrogen (secondary N) is 1. The van der Waals surface area contributed by atoms with Crippen molar-refractivity contribution in [2.75, 3.05) is 4.90 Å². The van der Waals surface area contributed by atoms with Crippen LogP contribution in [0.2, 0.25) is 10.0 Å². The largest absolute Gasteiger partial charge is 0.480 e. The van der Waals surface area contributed by atoms with Gasteiger partial charge in [0.2, 0.25) is 0 Å². The van der Waals surface area contributed by atoms with Crippen LogP contribution in [-0.4, -0.2) is 33.5 Å². The van der Waals surface area contributed by atoms with E-state index in [9.17, 15) is 24.3 Å². The summed E-state index contributed by atoms with van der Waals surface area (Å²) in [5.74, 6) is -2.60. The number of imide groups is 2. The first-order chi connectivity index (χ1) is 15.2. The molecule has 8 nitrogen and oxygen atoms in total. The molecular formula is C22H15Cl2N3O5. The monoisotopic (exact) mass is 471 g/mol. The van der Waals surface area contributed by atoms with E-state index in [1.807, 2.05) is 0 Å². The first kappa shape index (κ1) is 21.6. The zero-order valence-electron chi connectivity index (χ0n) is 16.5. The lowest BCUT2D eigenvalue weighted by molar-refractivity contribution is -0.140. The molecule has 1 saturated heterocycles. The molecule has 1 aliphatic rings. The van der Waals surface area contributed by atoms with Gasteiger partial charge >= 0.3 is 12.0 Å². The number of halogens is 2. The van der Waals surface area contributed by atoms with Gasteiger partial charge < -0.3 is 9.67 Å². The van der Waals surface area contributed by atoms with Crippen LogP contribution in [0.1, 0.15) is 18.5 Å². The molecule has 0 spiro atoms. The fourth-order valence-electron chi connectivity index (χ4n) is 3.41. The average Bonchev–Trinajstić information content (AvgIpc) is 3.16. The number of benzene rings is 2. The summed E-state index contributed by atoms with van der Waals surface area (Å²) in [4.78, 5) is 49.8. The molecule has 0 bridgehead atoms. The summed E-state index contributed by atoms with van der Waals surface area (Å²) >= 11 is 11.9. The molecule has 1 aromatic heterocycles. The summed E-state index contributed by atoms with van der Waals surface area (Å²) in [7, 11) is 0. The smallest absolute Gasteiger partial charge is 0.335 e. The van der Waals surface area contributed by atoms with Crippen molar-refractivity contribution in [1.82, 2.24) is 9.88 Å². The van der Waals surface area contributed by atoms with E-state index in [2.05, 4.69) is 5.32 Å². The van der Waals surface area contributed by atoms with Gasteiger partial charge in [-0.2, -0.15) is 0 Å². The van der Waals surface area contributed by atoms with Crippen LogP contribution < -0.4 is 10.2 Å². The summed E-state index contributed by atoms with van der Waals surface area (Å²) in [5.41, 5.74) is 1.14. The molecule has 2 heterocycles. The summed E-state index contributed by atoms with van der Waals surface area (Å²) in [6, 6.07) is 9.40. The van der Waals surface area contributed by atoms with E-state index in [0.29, 0.717) is 11.1 Å². The first-order valence-corrected chi connectivity index (χ1v) is 10.1. The van der Waals surface area contributed by atoms with Crippen molar-refractivity contribution in [3.05, 3.63) is 69.8 Å². The van der Waals surface area contributed by atoms with Crippen molar-refractivity contribution in [3.63, 3.8) is 0 Å². The second-order valence-electron chi connectivity index (χ2n) is 7.11. The highest BCUT2D eigenvalue weighted by Crippen LogP contribution is 2.30. The number of hydrogen-bond acceptors (Lipinski definition) is 4. The quantitative estimate of drug-likeness (QED) is 0.436.